The van der Waals surface area contributed by atoms with Gasteiger partial charge in [-0.05, 0) is 0 Å². The highest BCUT2D eigenvalue weighted by molar-refractivity contribution is 7.46. The van der Waals surface area contributed by atoms with Crippen LogP contribution in [0.4, 0.5) is 4.39 Å². The minimum Gasteiger partial charge on any atom is -0.384 e. The zero-order valence-corrected chi connectivity index (χ0v) is 12.6. The number of hydrogen-bond acceptors (Lipinski definition) is 7. The Kier molecular flexibility index (Phi) is 4.87. The van der Waals surface area contributed by atoms with Gasteiger partial charge in [0.1, 0.15) is 12.7 Å². The summed E-state index contributed by atoms with van der Waals surface area (Å²) in [6.07, 6.45) is -4.96. The molecule has 0 unspecified atom stereocenters. The zero-order chi connectivity index (χ0) is 17.4. The number of H-pyrrole nitrogens is 1. The van der Waals surface area contributed by atoms with Crippen LogP contribution in [0.5, 0.6) is 0 Å². The molecular formula is C10H14FN2O9P. The molecule has 0 radical (unpaired) electrons. The second kappa shape index (κ2) is 6.24. The number of aromatic amines is 1. The lowest BCUT2D eigenvalue weighted by Crippen LogP contribution is -2.47. The summed E-state index contributed by atoms with van der Waals surface area (Å²) in [7, 11) is -3.94. The molecule has 130 valence electrons. The van der Waals surface area contributed by atoms with Crippen LogP contribution in [0.2, 0.25) is 0 Å². The summed E-state index contributed by atoms with van der Waals surface area (Å²) in [4.78, 5) is 42.0. The van der Waals surface area contributed by atoms with E-state index in [9.17, 15) is 23.7 Å². The molecule has 1 aliphatic heterocycles. The molecule has 0 amide bonds. The molecule has 4 atom stereocenters. The van der Waals surface area contributed by atoms with Gasteiger partial charge in [0.15, 0.2) is 12.4 Å². The lowest BCUT2D eigenvalue weighted by molar-refractivity contribution is -0.267. The predicted octanol–water partition coefficient (Wildman–Crippen LogP) is -1.78. The first-order chi connectivity index (χ1) is 10.6. The van der Waals surface area contributed by atoms with Gasteiger partial charge in [-0.1, -0.05) is 0 Å². The maximum absolute atomic E-state index is 14.3. The first-order valence-corrected chi connectivity index (χ1v) is 7.69. The highest BCUT2D eigenvalue weighted by Gasteiger charge is 2.58. The van der Waals surface area contributed by atoms with E-state index >= 15 is 0 Å². The number of alkyl halides is 1. The third kappa shape index (κ3) is 3.58. The fourth-order valence-electron chi connectivity index (χ4n) is 2.10. The van der Waals surface area contributed by atoms with E-state index in [1.54, 1.807) is 0 Å². The monoisotopic (exact) mass is 356 g/mol. The topological polar surface area (TPSA) is 160 Å². The van der Waals surface area contributed by atoms with Crippen molar-refractivity contribution in [2.24, 2.45) is 0 Å². The smallest absolute Gasteiger partial charge is 0.384 e. The summed E-state index contributed by atoms with van der Waals surface area (Å²) in [5.74, 6) is -2.25. The van der Waals surface area contributed by atoms with Crippen molar-refractivity contribution in [2.75, 3.05) is 13.7 Å². The van der Waals surface area contributed by atoms with Crippen molar-refractivity contribution in [2.45, 2.75) is 24.3 Å². The number of phosphoric acid groups is 1. The Morgan fingerprint density at radius 3 is 2.70 bits per heavy atom. The predicted molar refractivity (Wildman–Crippen MR) is 70.1 cm³/mol. The van der Waals surface area contributed by atoms with E-state index in [-0.39, 0.29) is 0 Å². The molecule has 0 aromatic carbocycles. The number of aliphatic hydroxyl groups is 1. The van der Waals surface area contributed by atoms with Gasteiger partial charge in [0.2, 0.25) is 5.79 Å². The van der Waals surface area contributed by atoms with Crippen LogP contribution >= 0.6 is 7.82 Å². The number of halogens is 1. The van der Waals surface area contributed by atoms with E-state index < -0.39 is 50.0 Å². The second-order valence-electron chi connectivity index (χ2n) is 4.70. The first-order valence-electron chi connectivity index (χ1n) is 6.16. The van der Waals surface area contributed by atoms with E-state index in [4.69, 9.17) is 19.3 Å². The molecule has 2 heterocycles. The highest BCUT2D eigenvalue weighted by atomic mass is 31.2. The highest BCUT2D eigenvalue weighted by Crippen LogP contribution is 2.43. The molecule has 11 nitrogen and oxygen atoms in total. The third-order valence-electron chi connectivity index (χ3n) is 3.25. The summed E-state index contributed by atoms with van der Waals surface area (Å²) >= 11 is 0. The van der Waals surface area contributed by atoms with Gasteiger partial charge in [-0.25, -0.2) is 13.8 Å². The molecule has 2 rings (SSSR count). The summed E-state index contributed by atoms with van der Waals surface area (Å²) < 4.78 is 39.9. The third-order valence-corrected chi connectivity index (χ3v) is 3.72. The van der Waals surface area contributed by atoms with Gasteiger partial charge in [-0.3, -0.25) is 18.9 Å². The van der Waals surface area contributed by atoms with Crippen molar-refractivity contribution >= 4 is 7.82 Å². The summed E-state index contributed by atoms with van der Waals surface area (Å²) in [5.41, 5.74) is -1.72. The molecule has 0 bridgehead atoms. The fourth-order valence-corrected chi connectivity index (χ4v) is 2.44. The van der Waals surface area contributed by atoms with E-state index in [1.165, 1.54) is 0 Å². The van der Waals surface area contributed by atoms with Gasteiger partial charge in [0.25, 0.3) is 5.56 Å². The number of aromatic nitrogens is 2. The van der Waals surface area contributed by atoms with Gasteiger partial charge in [0.05, 0.1) is 0 Å². The van der Waals surface area contributed by atoms with Crippen LogP contribution in [0, 0.1) is 0 Å². The van der Waals surface area contributed by atoms with Crippen molar-refractivity contribution in [3.05, 3.63) is 33.1 Å². The average Bonchev–Trinajstić information content (AvgIpc) is 2.70. The van der Waals surface area contributed by atoms with E-state index in [0.29, 0.717) is 4.57 Å². The zero-order valence-electron chi connectivity index (χ0n) is 11.7. The number of aliphatic hydroxyl groups excluding tert-OH is 1. The molecule has 1 saturated heterocycles. The van der Waals surface area contributed by atoms with E-state index in [0.717, 1.165) is 19.4 Å². The minimum absolute atomic E-state index is 0.660. The Hall–Kier alpha value is -1.40. The van der Waals surface area contributed by atoms with Crippen molar-refractivity contribution in [3.8, 4) is 0 Å². The van der Waals surface area contributed by atoms with Crippen LogP contribution in [-0.4, -0.2) is 56.2 Å². The Balaban J connectivity index is 2.33. The summed E-state index contributed by atoms with van der Waals surface area (Å²) in [6.45, 7) is -0.996. The molecule has 0 saturated carbocycles. The van der Waals surface area contributed by atoms with Gasteiger partial charge >= 0.3 is 13.5 Å². The van der Waals surface area contributed by atoms with Crippen LogP contribution in [-0.2, 0) is 18.6 Å². The summed E-state index contributed by atoms with van der Waals surface area (Å²) in [6, 6.07) is 0.933. The Morgan fingerprint density at radius 2 is 2.17 bits per heavy atom. The average molecular weight is 356 g/mol. The normalized spacial score (nSPS) is 31.4. The maximum atomic E-state index is 14.3. The van der Waals surface area contributed by atoms with Gasteiger partial charge in [0, 0.05) is 19.4 Å². The standard InChI is InChI=1S/C10H14FN2O9P/c1-20-10(4-21-23(17,18)19)7(15)6(11)8(22-10)13-3-2-5(14)12-9(13)16/h2-3,6-8,15H,4H2,1H3,(H,12,14,16)(H2,17,18,19)/t6-,7+,8-,10+/m1/s1. The Morgan fingerprint density at radius 1 is 1.52 bits per heavy atom. The van der Waals surface area contributed by atoms with Crippen LogP contribution in [0.3, 0.4) is 0 Å². The number of ether oxygens (including phenoxy) is 2. The van der Waals surface area contributed by atoms with Gasteiger partial charge < -0.3 is 24.4 Å². The largest absolute Gasteiger partial charge is 0.469 e. The number of rotatable bonds is 5. The molecule has 1 aromatic heterocycles. The second-order valence-corrected chi connectivity index (χ2v) is 5.93. The van der Waals surface area contributed by atoms with Gasteiger partial charge in [-0.2, -0.15) is 0 Å². The number of methoxy groups -OCH3 is 1. The minimum atomic E-state index is -4.94. The summed E-state index contributed by atoms with van der Waals surface area (Å²) in [5, 5.41) is 9.94. The Labute approximate surface area is 127 Å². The van der Waals surface area contributed by atoms with Crippen LogP contribution < -0.4 is 11.2 Å². The van der Waals surface area contributed by atoms with Crippen molar-refractivity contribution < 1.29 is 37.8 Å². The number of phosphoric ester groups is 1. The fraction of sp³-hybridized carbons (Fsp3) is 0.600. The van der Waals surface area contributed by atoms with E-state index in [2.05, 4.69) is 4.52 Å². The van der Waals surface area contributed by atoms with Crippen molar-refractivity contribution in [1.29, 1.82) is 0 Å². The molecule has 1 fully saturated rings. The van der Waals surface area contributed by atoms with Crippen LogP contribution in [0.1, 0.15) is 6.23 Å². The van der Waals surface area contributed by atoms with Gasteiger partial charge in [-0.15, -0.1) is 0 Å². The molecular weight excluding hydrogens is 342 g/mol. The Bertz CT molecular complexity index is 730. The molecule has 0 spiro atoms. The molecule has 1 aliphatic rings. The van der Waals surface area contributed by atoms with Crippen LogP contribution in [0.15, 0.2) is 21.9 Å². The van der Waals surface area contributed by atoms with Crippen molar-refractivity contribution in [3.63, 3.8) is 0 Å². The van der Waals surface area contributed by atoms with Crippen molar-refractivity contribution in [1.82, 2.24) is 9.55 Å². The molecule has 4 N–H and O–H groups in total. The quantitative estimate of drug-likeness (QED) is 0.447. The lowest BCUT2D eigenvalue weighted by atomic mass is 10.1. The lowest BCUT2D eigenvalue weighted by Gasteiger charge is -2.29. The molecule has 0 aliphatic carbocycles. The molecule has 1 aromatic rings. The molecule has 23 heavy (non-hydrogen) atoms. The van der Waals surface area contributed by atoms with E-state index in [1.807, 2.05) is 4.98 Å². The first kappa shape index (κ1) is 17.9. The number of nitrogens with one attached hydrogen (secondary N) is 1. The number of hydrogen-bond donors (Lipinski definition) is 4. The van der Waals surface area contributed by atoms with Crippen LogP contribution in [0.25, 0.3) is 0 Å². The molecule has 13 heteroatoms. The maximum Gasteiger partial charge on any atom is 0.469 e. The number of nitrogens with zero attached hydrogens (tertiary/aromatic N) is 1. The SMILES string of the molecule is CO[C@@]1(COP(=O)(O)O)O[C@@H](n2ccc(=O)[nH]c2=O)[C@H](F)[C@@H]1O.